The summed E-state index contributed by atoms with van der Waals surface area (Å²) in [6.07, 6.45) is 8.32. The summed E-state index contributed by atoms with van der Waals surface area (Å²) in [4.78, 5) is 11.7. The zero-order valence-corrected chi connectivity index (χ0v) is 20.7. The van der Waals surface area contributed by atoms with Crippen LogP contribution in [0.4, 0.5) is 0 Å². The molecule has 0 heterocycles. The Morgan fingerprint density at radius 3 is 2.35 bits per heavy atom. The van der Waals surface area contributed by atoms with Crippen molar-refractivity contribution in [2.24, 2.45) is 11.8 Å². The minimum absolute atomic E-state index is 0.0451. The number of esters is 1. The fraction of sp³-hybridized carbons (Fsp3) is 0.607. The third-order valence-electron chi connectivity index (χ3n) is 7.81. The molecule has 0 spiro atoms. The van der Waals surface area contributed by atoms with Crippen LogP contribution < -0.4 is 0 Å². The normalized spacial score (nSPS) is 29.0. The first-order valence-corrected chi connectivity index (χ1v) is 11.6. The van der Waals surface area contributed by atoms with Crippen LogP contribution in [-0.4, -0.2) is 26.3 Å². The summed E-state index contributed by atoms with van der Waals surface area (Å²) in [6.45, 7) is 16.8. The number of carbonyl (C=O) groups is 1. The Hall–Kier alpha value is -1.87. The van der Waals surface area contributed by atoms with Crippen LogP contribution in [0.1, 0.15) is 78.0 Å². The lowest BCUT2D eigenvalue weighted by Crippen LogP contribution is -2.34. The van der Waals surface area contributed by atoms with Crippen molar-refractivity contribution in [2.45, 2.75) is 77.6 Å². The number of hydrogen-bond acceptors (Lipinski definition) is 3. The number of allylic oxidation sites excluding steroid dienone is 3. The average molecular weight is 425 g/mol. The van der Waals surface area contributed by atoms with Gasteiger partial charge in [-0.1, -0.05) is 65.0 Å². The lowest BCUT2D eigenvalue weighted by molar-refractivity contribution is -0.137. The van der Waals surface area contributed by atoms with Crippen molar-refractivity contribution in [3.63, 3.8) is 0 Å². The Bertz CT molecular complexity index is 890. The summed E-state index contributed by atoms with van der Waals surface area (Å²) in [6, 6.07) is 7.21. The molecule has 0 saturated heterocycles. The number of benzene rings is 1. The number of fused-ring (bicyclic) bond motifs is 1. The minimum Gasteiger partial charge on any atom is -0.463 e. The predicted octanol–water partition coefficient (Wildman–Crippen LogP) is 6.25. The highest BCUT2D eigenvalue weighted by atomic mass is 16.5. The lowest BCUT2D eigenvalue weighted by Gasteiger charge is -2.42. The zero-order valence-electron chi connectivity index (χ0n) is 20.7. The summed E-state index contributed by atoms with van der Waals surface area (Å²) >= 11 is 0. The van der Waals surface area contributed by atoms with Gasteiger partial charge in [0.2, 0.25) is 0 Å². The van der Waals surface area contributed by atoms with E-state index in [9.17, 15) is 4.79 Å². The predicted molar refractivity (Wildman–Crippen MR) is 127 cm³/mol. The van der Waals surface area contributed by atoms with Gasteiger partial charge in [-0.25, -0.2) is 4.79 Å². The van der Waals surface area contributed by atoms with Crippen LogP contribution in [0.3, 0.4) is 0 Å². The monoisotopic (exact) mass is 424 g/mol. The van der Waals surface area contributed by atoms with Crippen LogP contribution in [0.25, 0.3) is 0 Å². The highest BCUT2D eigenvalue weighted by molar-refractivity contribution is 5.83. The minimum atomic E-state index is -0.281. The summed E-state index contributed by atoms with van der Waals surface area (Å²) in [5.74, 6) is 0.536. The SMILES string of the molecule is CCOC(=O)/C=C(C)/C=C/[C@H]1[C@H](COC)[C@]1(C)c1ccc2c(c1)C(C)(C)CCC2(C)C. The third kappa shape index (κ3) is 4.53. The van der Waals surface area contributed by atoms with E-state index in [2.05, 4.69) is 65.0 Å². The molecule has 3 atom stereocenters. The molecule has 0 radical (unpaired) electrons. The molecule has 3 nitrogen and oxygen atoms in total. The van der Waals surface area contributed by atoms with Gasteiger partial charge in [0.05, 0.1) is 13.2 Å². The van der Waals surface area contributed by atoms with Crippen molar-refractivity contribution in [2.75, 3.05) is 20.3 Å². The Morgan fingerprint density at radius 1 is 1.10 bits per heavy atom. The van der Waals surface area contributed by atoms with E-state index in [4.69, 9.17) is 9.47 Å². The van der Waals surface area contributed by atoms with Gasteiger partial charge < -0.3 is 9.47 Å². The first-order chi connectivity index (χ1) is 14.5. The molecule has 0 N–H and O–H groups in total. The first-order valence-electron chi connectivity index (χ1n) is 11.6. The quantitative estimate of drug-likeness (QED) is 0.295. The van der Waals surface area contributed by atoms with Gasteiger partial charge >= 0.3 is 5.97 Å². The van der Waals surface area contributed by atoms with E-state index < -0.39 is 0 Å². The summed E-state index contributed by atoms with van der Waals surface area (Å²) in [5, 5.41) is 0. The molecular weight excluding hydrogens is 384 g/mol. The molecule has 1 aromatic carbocycles. The van der Waals surface area contributed by atoms with E-state index in [1.54, 1.807) is 13.2 Å². The van der Waals surface area contributed by atoms with Gasteiger partial charge in [-0.2, -0.15) is 0 Å². The van der Waals surface area contributed by atoms with Gasteiger partial charge in [0, 0.05) is 18.6 Å². The van der Waals surface area contributed by atoms with Crippen LogP contribution in [-0.2, 0) is 30.5 Å². The Balaban J connectivity index is 1.92. The number of ether oxygens (including phenoxy) is 2. The topological polar surface area (TPSA) is 35.5 Å². The molecule has 0 aromatic heterocycles. The molecule has 0 unspecified atom stereocenters. The second-order valence-electron chi connectivity index (χ2n) is 10.9. The van der Waals surface area contributed by atoms with E-state index in [0.29, 0.717) is 18.4 Å². The summed E-state index contributed by atoms with van der Waals surface area (Å²) in [5.41, 5.74) is 5.80. The first kappa shape index (κ1) is 23.8. The number of methoxy groups -OCH3 is 1. The molecular formula is C28H40O3. The van der Waals surface area contributed by atoms with Crippen LogP contribution >= 0.6 is 0 Å². The molecule has 0 amide bonds. The molecule has 1 fully saturated rings. The maximum atomic E-state index is 11.7. The Kier molecular flexibility index (Phi) is 6.58. The average Bonchev–Trinajstić information content (AvgIpc) is 3.27. The van der Waals surface area contributed by atoms with Crippen molar-refractivity contribution in [3.05, 3.63) is 58.7 Å². The van der Waals surface area contributed by atoms with Crippen molar-refractivity contribution in [1.29, 1.82) is 0 Å². The zero-order chi connectivity index (χ0) is 23.0. The van der Waals surface area contributed by atoms with Gasteiger partial charge in [0.25, 0.3) is 0 Å². The van der Waals surface area contributed by atoms with E-state index in [1.807, 2.05) is 13.8 Å². The summed E-state index contributed by atoms with van der Waals surface area (Å²) in [7, 11) is 1.78. The van der Waals surface area contributed by atoms with Gasteiger partial charge in [0.1, 0.15) is 0 Å². The second kappa shape index (κ2) is 8.58. The standard InChI is InChI=1S/C28H40O3/c1-9-31-25(29)16-19(2)10-12-22-24(18-30-8)28(22,7)20-11-13-21-23(17-20)27(5,6)15-14-26(21,3)4/h10-13,16-17,22,24H,9,14-15,18H2,1-8H3/b12-10+,19-16+/t22-,24-,28+/m0/s1. The fourth-order valence-electron chi connectivity index (χ4n) is 5.43. The molecule has 1 saturated carbocycles. The van der Waals surface area contributed by atoms with E-state index in [1.165, 1.54) is 29.5 Å². The van der Waals surface area contributed by atoms with Gasteiger partial charge in [-0.3, -0.25) is 0 Å². The van der Waals surface area contributed by atoms with Gasteiger partial charge in [-0.15, -0.1) is 0 Å². The van der Waals surface area contributed by atoms with Crippen molar-refractivity contribution < 1.29 is 14.3 Å². The van der Waals surface area contributed by atoms with E-state index >= 15 is 0 Å². The van der Waals surface area contributed by atoms with Gasteiger partial charge in [0.15, 0.2) is 0 Å². The molecule has 1 aromatic rings. The highest BCUT2D eigenvalue weighted by Crippen LogP contribution is 2.61. The van der Waals surface area contributed by atoms with E-state index in [0.717, 1.165) is 12.2 Å². The second-order valence-corrected chi connectivity index (χ2v) is 10.9. The lowest BCUT2D eigenvalue weighted by atomic mass is 9.62. The molecule has 3 rings (SSSR count). The molecule has 170 valence electrons. The number of hydrogen-bond donors (Lipinski definition) is 0. The smallest absolute Gasteiger partial charge is 0.330 e. The highest BCUT2D eigenvalue weighted by Gasteiger charge is 2.60. The maximum Gasteiger partial charge on any atom is 0.330 e. The van der Waals surface area contributed by atoms with Crippen molar-refractivity contribution in [1.82, 2.24) is 0 Å². The Morgan fingerprint density at radius 2 is 1.74 bits per heavy atom. The van der Waals surface area contributed by atoms with Crippen LogP contribution in [0.15, 0.2) is 42.0 Å². The molecule has 0 aliphatic heterocycles. The molecule has 0 bridgehead atoms. The molecule has 2 aliphatic carbocycles. The third-order valence-corrected chi connectivity index (χ3v) is 7.81. The number of rotatable bonds is 7. The van der Waals surface area contributed by atoms with Crippen LogP contribution in [0.2, 0.25) is 0 Å². The summed E-state index contributed by atoms with van der Waals surface area (Å²) < 4.78 is 10.6. The molecule has 3 heteroatoms. The van der Waals surface area contributed by atoms with Crippen molar-refractivity contribution >= 4 is 5.97 Å². The van der Waals surface area contributed by atoms with E-state index in [-0.39, 0.29) is 22.2 Å². The maximum absolute atomic E-state index is 11.7. The molecule has 31 heavy (non-hydrogen) atoms. The largest absolute Gasteiger partial charge is 0.463 e. The van der Waals surface area contributed by atoms with Gasteiger partial charge in [-0.05, 0) is 71.6 Å². The fourth-order valence-corrected chi connectivity index (χ4v) is 5.43. The van der Waals surface area contributed by atoms with Crippen molar-refractivity contribution in [3.8, 4) is 0 Å². The van der Waals surface area contributed by atoms with Crippen LogP contribution in [0.5, 0.6) is 0 Å². The molecule has 2 aliphatic rings. The number of carbonyl (C=O) groups excluding carboxylic acids is 1. The van der Waals surface area contributed by atoms with Crippen LogP contribution in [0, 0.1) is 11.8 Å². The Labute approximate surface area is 188 Å².